The number of nitro groups is 1. The molecule has 0 saturated carbocycles. The number of hydrogen-bond donors (Lipinski definition) is 3. The quantitative estimate of drug-likeness (QED) is 0.240. The van der Waals surface area contributed by atoms with Crippen molar-refractivity contribution < 1.29 is 18.9 Å². The Labute approximate surface area is 97.5 Å². The van der Waals surface area contributed by atoms with E-state index in [1.54, 1.807) is 0 Å². The van der Waals surface area contributed by atoms with Gasteiger partial charge in [-0.15, -0.1) is 0 Å². The van der Waals surface area contributed by atoms with Crippen LogP contribution in [0.2, 0.25) is 0 Å². The number of nitrogens with zero attached hydrogens (tertiary/aromatic N) is 1. The molecule has 0 aliphatic rings. The molecule has 0 spiro atoms. The fourth-order valence-electron chi connectivity index (χ4n) is 1.19. The van der Waals surface area contributed by atoms with Crippen molar-refractivity contribution in [1.82, 2.24) is 0 Å². The number of nitrogens with one attached hydrogen (secondary N) is 1. The van der Waals surface area contributed by atoms with Crippen LogP contribution in [0.5, 0.6) is 0 Å². The van der Waals surface area contributed by atoms with Crippen molar-refractivity contribution in [2.75, 3.05) is 11.1 Å². The molecule has 0 aliphatic carbocycles. The van der Waals surface area contributed by atoms with E-state index >= 15 is 0 Å². The van der Waals surface area contributed by atoms with Gasteiger partial charge in [0.15, 0.2) is 0 Å². The second-order valence-electron chi connectivity index (χ2n) is 3.20. The normalized spacial score (nSPS) is 14.0. The Morgan fingerprint density at radius 2 is 2.29 bits per heavy atom. The summed E-state index contributed by atoms with van der Waals surface area (Å²) in [5, 5.41) is 13.2. The van der Waals surface area contributed by atoms with Gasteiger partial charge in [-0.1, -0.05) is 0 Å². The summed E-state index contributed by atoms with van der Waals surface area (Å²) >= 11 is 0. The zero-order chi connectivity index (χ0) is 13.0. The van der Waals surface area contributed by atoms with Gasteiger partial charge in [-0.25, -0.2) is 0 Å². The van der Waals surface area contributed by atoms with Crippen LogP contribution in [-0.4, -0.2) is 16.0 Å². The minimum atomic E-state index is -3.05. The van der Waals surface area contributed by atoms with Crippen LogP contribution < -0.4 is 11.1 Å². The van der Waals surface area contributed by atoms with Gasteiger partial charge in [0, 0.05) is 12.1 Å². The van der Waals surface area contributed by atoms with Gasteiger partial charge in [0.25, 0.3) is 5.69 Å². The summed E-state index contributed by atoms with van der Waals surface area (Å²) in [7, 11) is -3.05. The maximum atomic E-state index is 10.5. The van der Waals surface area contributed by atoms with E-state index in [1.165, 1.54) is 25.1 Å². The number of nitro benzene ring substituents is 1. The van der Waals surface area contributed by atoms with Crippen LogP contribution >= 0.6 is 8.25 Å². The van der Waals surface area contributed by atoms with E-state index in [4.69, 9.17) is 10.6 Å². The van der Waals surface area contributed by atoms with Crippen LogP contribution in [0.1, 0.15) is 6.92 Å². The maximum absolute atomic E-state index is 10.5. The van der Waals surface area contributed by atoms with E-state index in [1.807, 2.05) is 0 Å². The molecule has 1 aromatic rings. The van der Waals surface area contributed by atoms with Crippen LogP contribution in [0.15, 0.2) is 18.2 Å². The molecule has 0 fully saturated rings. The minimum absolute atomic E-state index is 0.127. The lowest BCUT2D eigenvalue weighted by molar-refractivity contribution is -0.384. The molecule has 0 radical (unpaired) electrons. The van der Waals surface area contributed by atoms with Crippen molar-refractivity contribution in [3.8, 4) is 0 Å². The van der Waals surface area contributed by atoms with E-state index in [-0.39, 0.29) is 11.4 Å². The molecule has 0 amide bonds. The Bertz CT molecular complexity index is 453. The highest BCUT2D eigenvalue weighted by atomic mass is 31.1. The lowest BCUT2D eigenvalue weighted by Gasteiger charge is -2.15. The number of benzene rings is 1. The molecule has 0 saturated heterocycles. The molecule has 0 aromatic heterocycles. The van der Waals surface area contributed by atoms with Gasteiger partial charge in [0.1, 0.15) is 6.23 Å². The van der Waals surface area contributed by atoms with Gasteiger partial charge in [-0.3, -0.25) is 19.2 Å². The number of nitrogens with two attached hydrogens (primary N) is 1. The first-order valence-electron chi connectivity index (χ1n) is 4.60. The van der Waals surface area contributed by atoms with Crippen LogP contribution in [0.3, 0.4) is 0 Å². The van der Waals surface area contributed by atoms with Crippen molar-refractivity contribution in [2.24, 2.45) is 0 Å². The maximum Gasteiger partial charge on any atom is 0.318 e. The fourth-order valence-corrected chi connectivity index (χ4v) is 1.56. The molecular weight excluding hydrogens is 249 g/mol. The summed E-state index contributed by atoms with van der Waals surface area (Å²) in [6.45, 7) is 1.51. The highest BCUT2D eigenvalue weighted by Crippen LogP contribution is 2.26. The first-order valence-corrected chi connectivity index (χ1v) is 5.86. The molecule has 8 nitrogen and oxygen atoms in total. The number of hydrogen-bond acceptors (Lipinski definition) is 6. The number of nitrogen functional groups attached to an aromatic ring is 1. The van der Waals surface area contributed by atoms with Crippen molar-refractivity contribution >= 4 is 25.3 Å². The molecule has 2 unspecified atom stereocenters. The SMILES string of the molecule is CC(Nc1ccc([N+](=O)[O-])cc1N)O[PH](=O)O. The zero-order valence-corrected chi connectivity index (χ0v) is 9.91. The van der Waals surface area contributed by atoms with Gasteiger partial charge in [-0.2, -0.15) is 0 Å². The number of rotatable bonds is 5. The molecular formula is C8H12N3O5P. The second kappa shape index (κ2) is 5.62. The summed E-state index contributed by atoms with van der Waals surface area (Å²) in [5.41, 5.74) is 6.01. The van der Waals surface area contributed by atoms with Gasteiger partial charge in [0.05, 0.1) is 16.3 Å². The highest BCUT2D eigenvalue weighted by Gasteiger charge is 2.11. The third kappa shape index (κ3) is 4.03. The molecule has 0 heterocycles. The molecule has 17 heavy (non-hydrogen) atoms. The topological polar surface area (TPSA) is 128 Å². The van der Waals surface area contributed by atoms with Crippen molar-refractivity contribution in [1.29, 1.82) is 0 Å². The third-order valence-corrected chi connectivity index (χ3v) is 2.44. The molecule has 4 N–H and O–H groups in total. The van der Waals surface area contributed by atoms with Crippen LogP contribution in [-0.2, 0) is 9.09 Å². The number of non-ortho nitro benzene ring substituents is 1. The standard InChI is InChI=1S/C8H12N3O5P/c1-5(16-17(14)15)10-8-3-2-6(11(12)13)4-7(8)9/h2-5,10,17H,9H2,1H3,(H,14,15). The van der Waals surface area contributed by atoms with E-state index < -0.39 is 19.4 Å². The predicted molar refractivity (Wildman–Crippen MR) is 62.9 cm³/mol. The Balaban J connectivity index is 2.79. The Kier molecular flexibility index (Phi) is 4.45. The van der Waals surface area contributed by atoms with Crippen molar-refractivity contribution in [2.45, 2.75) is 13.2 Å². The molecule has 0 aliphatic heterocycles. The first-order chi connectivity index (χ1) is 7.90. The molecule has 9 heteroatoms. The van der Waals surface area contributed by atoms with Crippen LogP contribution in [0.4, 0.5) is 17.1 Å². The molecule has 0 bridgehead atoms. The summed E-state index contributed by atoms with van der Waals surface area (Å²) in [4.78, 5) is 18.5. The van der Waals surface area contributed by atoms with Gasteiger partial charge in [-0.05, 0) is 13.0 Å². The van der Waals surface area contributed by atoms with Gasteiger partial charge >= 0.3 is 8.25 Å². The van der Waals surface area contributed by atoms with E-state index in [0.29, 0.717) is 5.69 Å². The molecule has 2 atom stereocenters. The predicted octanol–water partition coefficient (Wildman–Crippen LogP) is 1.33. The third-order valence-electron chi connectivity index (χ3n) is 1.88. The Hall–Kier alpha value is -1.63. The van der Waals surface area contributed by atoms with Crippen LogP contribution in [0.25, 0.3) is 0 Å². The highest BCUT2D eigenvalue weighted by molar-refractivity contribution is 7.32. The van der Waals surface area contributed by atoms with E-state index in [0.717, 1.165) is 0 Å². The average molecular weight is 261 g/mol. The van der Waals surface area contributed by atoms with Crippen LogP contribution in [0, 0.1) is 10.1 Å². The summed E-state index contributed by atoms with van der Waals surface area (Å²) in [6, 6.07) is 3.87. The van der Waals surface area contributed by atoms with Gasteiger partial charge in [0.2, 0.25) is 0 Å². The lowest BCUT2D eigenvalue weighted by Crippen LogP contribution is -2.16. The Morgan fingerprint density at radius 1 is 1.65 bits per heavy atom. The van der Waals surface area contributed by atoms with E-state index in [9.17, 15) is 14.7 Å². The fraction of sp³-hybridized carbons (Fsp3) is 0.250. The van der Waals surface area contributed by atoms with Crippen molar-refractivity contribution in [3.05, 3.63) is 28.3 Å². The molecule has 94 valence electrons. The second-order valence-corrected chi connectivity index (χ2v) is 3.97. The van der Waals surface area contributed by atoms with Gasteiger partial charge < -0.3 is 15.9 Å². The van der Waals surface area contributed by atoms with E-state index in [2.05, 4.69) is 9.84 Å². The zero-order valence-electron chi connectivity index (χ0n) is 8.91. The lowest BCUT2D eigenvalue weighted by atomic mass is 10.2. The summed E-state index contributed by atoms with van der Waals surface area (Å²) in [6.07, 6.45) is -0.727. The molecule has 1 rings (SSSR count). The van der Waals surface area contributed by atoms with Crippen molar-refractivity contribution in [3.63, 3.8) is 0 Å². The average Bonchev–Trinajstić information content (AvgIpc) is 2.19. The minimum Gasteiger partial charge on any atom is -0.397 e. The number of anilines is 2. The largest absolute Gasteiger partial charge is 0.397 e. The Morgan fingerprint density at radius 3 is 2.76 bits per heavy atom. The monoisotopic (exact) mass is 261 g/mol. The summed E-state index contributed by atoms with van der Waals surface area (Å²) < 4.78 is 15.0. The summed E-state index contributed by atoms with van der Waals surface area (Å²) in [5.74, 6) is 0. The smallest absolute Gasteiger partial charge is 0.318 e. The molecule has 1 aromatic carbocycles. The first kappa shape index (κ1) is 13.4.